The standard InChI is InChI=1S/C20H30N4O4/c1-26-14-13-24-11-9-23(10-12-24)8-7-17(28-3)19-21-18-15(20(25)22-19)5-4-6-16(18)27-2/h4-6,17H,7-14H2,1-3H3,(H,21,22,25). The molecule has 1 aliphatic rings. The molecule has 0 saturated carbocycles. The SMILES string of the molecule is COCCN1CCN(CCC(OC)c2nc3c(OC)cccc3c(=O)[nH]2)CC1. The maximum atomic E-state index is 12.5. The van der Waals surface area contributed by atoms with Gasteiger partial charge in [-0.3, -0.25) is 9.69 Å². The first-order chi connectivity index (χ1) is 13.7. The predicted molar refractivity (Wildman–Crippen MR) is 108 cm³/mol. The van der Waals surface area contributed by atoms with E-state index in [4.69, 9.17) is 14.2 Å². The lowest BCUT2D eigenvalue weighted by Gasteiger charge is -2.35. The number of hydrogen-bond acceptors (Lipinski definition) is 7. The Balaban J connectivity index is 1.65. The van der Waals surface area contributed by atoms with E-state index in [2.05, 4.69) is 19.8 Å². The van der Waals surface area contributed by atoms with E-state index in [1.54, 1.807) is 33.5 Å². The summed E-state index contributed by atoms with van der Waals surface area (Å²) < 4.78 is 16.2. The molecule has 2 aromatic rings. The first kappa shape index (κ1) is 20.7. The van der Waals surface area contributed by atoms with Gasteiger partial charge < -0.3 is 24.1 Å². The molecule has 1 aliphatic heterocycles. The fraction of sp³-hybridized carbons (Fsp3) is 0.600. The summed E-state index contributed by atoms with van der Waals surface area (Å²) in [5.41, 5.74) is 0.394. The highest BCUT2D eigenvalue weighted by Gasteiger charge is 2.21. The molecule has 0 radical (unpaired) electrons. The number of benzene rings is 1. The zero-order valence-corrected chi connectivity index (χ0v) is 16.9. The average molecular weight is 390 g/mol. The van der Waals surface area contributed by atoms with Gasteiger partial charge in [-0.05, 0) is 18.6 Å². The van der Waals surface area contributed by atoms with Gasteiger partial charge in [-0.15, -0.1) is 0 Å². The van der Waals surface area contributed by atoms with Crippen molar-refractivity contribution < 1.29 is 14.2 Å². The number of fused-ring (bicyclic) bond motifs is 1. The summed E-state index contributed by atoms with van der Waals surface area (Å²) in [6.45, 7) is 6.79. The number of nitrogens with zero attached hydrogens (tertiary/aromatic N) is 3. The van der Waals surface area contributed by atoms with Gasteiger partial charge in [0.05, 0.1) is 19.1 Å². The van der Waals surface area contributed by atoms with E-state index in [0.29, 0.717) is 22.5 Å². The lowest BCUT2D eigenvalue weighted by Crippen LogP contribution is -2.47. The average Bonchev–Trinajstić information content (AvgIpc) is 2.73. The van der Waals surface area contributed by atoms with Gasteiger partial charge in [-0.1, -0.05) is 6.07 Å². The lowest BCUT2D eigenvalue weighted by atomic mass is 10.1. The van der Waals surface area contributed by atoms with Crippen LogP contribution in [0.15, 0.2) is 23.0 Å². The Morgan fingerprint density at radius 2 is 1.82 bits per heavy atom. The topological polar surface area (TPSA) is 79.9 Å². The second-order valence-corrected chi connectivity index (χ2v) is 7.00. The zero-order valence-electron chi connectivity index (χ0n) is 16.9. The zero-order chi connectivity index (χ0) is 19.9. The Morgan fingerprint density at radius 3 is 2.46 bits per heavy atom. The number of H-pyrrole nitrogens is 1. The van der Waals surface area contributed by atoms with Crippen LogP contribution in [0.3, 0.4) is 0 Å². The van der Waals surface area contributed by atoms with Crippen LogP contribution in [0.4, 0.5) is 0 Å². The Hall–Kier alpha value is -2.00. The first-order valence-electron chi connectivity index (χ1n) is 9.69. The molecular weight excluding hydrogens is 360 g/mol. The lowest BCUT2D eigenvalue weighted by molar-refractivity contribution is 0.0595. The third kappa shape index (κ3) is 4.88. The normalized spacial score (nSPS) is 17.1. The van der Waals surface area contributed by atoms with Crippen LogP contribution in [0, 0.1) is 0 Å². The van der Waals surface area contributed by atoms with Crippen LogP contribution in [0.2, 0.25) is 0 Å². The highest BCUT2D eigenvalue weighted by molar-refractivity contribution is 5.83. The molecule has 0 aliphatic carbocycles. The molecule has 1 fully saturated rings. The van der Waals surface area contributed by atoms with Gasteiger partial charge in [0.1, 0.15) is 23.2 Å². The second kappa shape index (κ2) is 9.97. The first-order valence-corrected chi connectivity index (χ1v) is 9.69. The van der Waals surface area contributed by atoms with E-state index in [1.165, 1.54) is 0 Å². The fourth-order valence-corrected chi connectivity index (χ4v) is 3.59. The van der Waals surface area contributed by atoms with Gasteiger partial charge in [-0.2, -0.15) is 0 Å². The highest BCUT2D eigenvalue weighted by atomic mass is 16.5. The van der Waals surface area contributed by atoms with E-state index in [-0.39, 0.29) is 11.7 Å². The van der Waals surface area contributed by atoms with Crippen LogP contribution in [0.1, 0.15) is 18.3 Å². The second-order valence-electron chi connectivity index (χ2n) is 7.00. The molecule has 8 heteroatoms. The van der Waals surface area contributed by atoms with Crippen molar-refractivity contribution in [1.82, 2.24) is 19.8 Å². The minimum absolute atomic E-state index is 0.173. The molecule has 154 valence electrons. The van der Waals surface area contributed by atoms with Crippen molar-refractivity contribution in [2.24, 2.45) is 0 Å². The molecule has 3 rings (SSSR count). The van der Waals surface area contributed by atoms with Crippen molar-refractivity contribution in [2.75, 3.05) is 67.2 Å². The van der Waals surface area contributed by atoms with Crippen LogP contribution in [-0.4, -0.2) is 87.0 Å². The molecule has 1 aromatic carbocycles. The number of ether oxygens (including phenoxy) is 3. The molecule has 28 heavy (non-hydrogen) atoms. The molecule has 0 bridgehead atoms. The Kier molecular flexibility index (Phi) is 7.38. The van der Waals surface area contributed by atoms with Gasteiger partial charge >= 0.3 is 0 Å². The summed E-state index contributed by atoms with van der Waals surface area (Å²) in [7, 11) is 4.97. The van der Waals surface area contributed by atoms with Crippen molar-refractivity contribution in [3.05, 3.63) is 34.4 Å². The fourth-order valence-electron chi connectivity index (χ4n) is 3.59. The molecule has 0 spiro atoms. The number of piperazine rings is 1. The molecule has 0 amide bonds. The Morgan fingerprint density at radius 1 is 1.11 bits per heavy atom. The largest absolute Gasteiger partial charge is 0.494 e. The predicted octanol–water partition coefficient (Wildman–Crippen LogP) is 1.27. The van der Waals surface area contributed by atoms with Crippen LogP contribution in [-0.2, 0) is 9.47 Å². The van der Waals surface area contributed by atoms with Crippen molar-refractivity contribution in [2.45, 2.75) is 12.5 Å². The third-order valence-electron chi connectivity index (χ3n) is 5.31. The van der Waals surface area contributed by atoms with Gasteiger partial charge in [0.25, 0.3) is 5.56 Å². The molecular formula is C20H30N4O4. The molecule has 2 heterocycles. The quantitative estimate of drug-likeness (QED) is 0.691. The molecule has 1 N–H and O–H groups in total. The van der Waals surface area contributed by atoms with E-state index >= 15 is 0 Å². The summed E-state index contributed by atoms with van der Waals surface area (Å²) >= 11 is 0. The van der Waals surface area contributed by atoms with Crippen LogP contribution in [0.25, 0.3) is 10.9 Å². The summed E-state index contributed by atoms with van der Waals surface area (Å²) in [6.07, 6.45) is 0.492. The van der Waals surface area contributed by atoms with Gasteiger partial charge in [0.2, 0.25) is 0 Å². The minimum Gasteiger partial charge on any atom is -0.494 e. The van der Waals surface area contributed by atoms with Crippen molar-refractivity contribution in [1.29, 1.82) is 0 Å². The molecule has 1 unspecified atom stereocenters. The molecule has 1 atom stereocenters. The van der Waals surface area contributed by atoms with Crippen LogP contribution < -0.4 is 10.3 Å². The number of aromatic amines is 1. The summed E-state index contributed by atoms with van der Waals surface area (Å²) in [5, 5.41) is 0.519. The van der Waals surface area contributed by atoms with Crippen molar-refractivity contribution in [3.8, 4) is 5.75 Å². The third-order valence-corrected chi connectivity index (χ3v) is 5.31. The van der Waals surface area contributed by atoms with Gasteiger partial charge in [0.15, 0.2) is 0 Å². The number of nitrogens with one attached hydrogen (secondary N) is 1. The highest BCUT2D eigenvalue weighted by Crippen LogP contribution is 2.24. The maximum Gasteiger partial charge on any atom is 0.258 e. The summed E-state index contributed by atoms with van der Waals surface area (Å²) in [4.78, 5) is 24.9. The van der Waals surface area contributed by atoms with E-state index < -0.39 is 0 Å². The summed E-state index contributed by atoms with van der Waals surface area (Å²) in [5.74, 6) is 1.13. The van der Waals surface area contributed by atoms with Crippen molar-refractivity contribution >= 4 is 10.9 Å². The number of rotatable bonds is 9. The monoisotopic (exact) mass is 390 g/mol. The van der Waals surface area contributed by atoms with Crippen LogP contribution >= 0.6 is 0 Å². The molecule has 8 nitrogen and oxygen atoms in total. The minimum atomic E-state index is -0.270. The van der Waals surface area contributed by atoms with Crippen LogP contribution in [0.5, 0.6) is 5.75 Å². The van der Waals surface area contributed by atoms with E-state index in [9.17, 15) is 4.79 Å². The van der Waals surface area contributed by atoms with E-state index in [1.807, 2.05) is 6.07 Å². The number of hydrogen-bond donors (Lipinski definition) is 1. The molecule has 1 saturated heterocycles. The van der Waals surface area contributed by atoms with Gasteiger partial charge in [0, 0.05) is 53.5 Å². The van der Waals surface area contributed by atoms with Gasteiger partial charge in [-0.25, -0.2) is 4.98 Å². The Bertz CT molecular complexity index is 817. The summed E-state index contributed by atoms with van der Waals surface area (Å²) in [6, 6.07) is 5.35. The van der Waals surface area contributed by atoms with Crippen molar-refractivity contribution in [3.63, 3.8) is 0 Å². The molecule has 1 aromatic heterocycles. The number of methoxy groups -OCH3 is 3. The number of aromatic nitrogens is 2. The Labute approximate surface area is 165 Å². The van der Waals surface area contributed by atoms with E-state index in [0.717, 1.165) is 52.3 Å². The maximum absolute atomic E-state index is 12.5. The smallest absolute Gasteiger partial charge is 0.258 e. The number of para-hydroxylation sites is 1.